The molecule has 0 unspecified atom stereocenters. The van der Waals surface area contributed by atoms with Crippen molar-refractivity contribution in [2.45, 2.75) is 38.5 Å². The Morgan fingerprint density at radius 3 is 2.39 bits per heavy atom. The van der Waals surface area contributed by atoms with Gasteiger partial charge >= 0.3 is 0 Å². The van der Waals surface area contributed by atoms with Gasteiger partial charge in [0.2, 0.25) is 6.23 Å². The molecule has 0 saturated carbocycles. The molecule has 2 aliphatic rings. The molecule has 0 radical (unpaired) electrons. The molecule has 2 aliphatic heterocycles. The van der Waals surface area contributed by atoms with Gasteiger partial charge in [-0.1, -0.05) is 36.5 Å². The highest BCUT2D eigenvalue weighted by Crippen LogP contribution is 2.51. The summed E-state index contributed by atoms with van der Waals surface area (Å²) in [7, 11) is 4.87. The van der Waals surface area contributed by atoms with Crippen molar-refractivity contribution in [3.05, 3.63) is 75.3 Å². The molecule has 38 heavy (non-hydrogen) atoms. The van der Waals surface area contributed by atoms with Gasteiger partial charge in [0.15, 0.2) is 23.0 Å². The zero-order chi connectivity index (χ0) is 26.8. The number of halogens is 2. The highest BCUT2D eigenvalue weighted by atomic mass is 35.5. The van der Waals surface area contributed by atoms with Crippen LogP contribution in [-0.4, -0.2) is 38.7 Å². The molecular weight excluding hydrogens is 527 g/mol. The van der Waals surface area contributed by atoms with Crippen LogP contribution < -0.4 is 23.7 Å². The molecule has 0 fully saturated rings. The Balaban J connectivity index is 1.56. The number of unbranched alkanes of at least 4 members (excludes halogenated alkanes) is 1. The van der Waals surface area contributed by atoms with E-state index >= 15 is 0 Å². The van der Waals surface area contributed by atoms with Crippen molar-refractivity contribution in [3.8, 4) is 28.7 Å². The number of benzene rings is 3. The van der Waals surface area contributed by atoms with Crippen LogP contribution >= 0.6 is 23.2 Å². The maximum atomic E-state index is 6.63. The molecule has 7 nitrogen and oxygen atoms in total. The van der Waals surface area contributed by atoms with Gasteiger partial charge in [0, 0.05) is 28.1 Å². The molecule has 0 bridgehead atoms. The molecule has 3 aromatic rings. The highest BCUT2D eigenvalue weighted by molar-refractivity contribution is 6.35. The van der Waals surface area contributed by atoms with Crippen LogP contribution in [0.25, 0.3) is 0 Å². The first-order chi connectivity index (χ1) is 18.5. The maximum Gasteiger partial charge on any atom is 0.214 e. The maximum absolute atomic E-state index is 6.63. The minimum absolute atomic E-state index is 0.130. The third kappa shape index (κ3) is 4.93. The zero-order valence-corrected chi connectivity index (χ0v) is 23.3. The number of hydrazone groups is 1. The van der Waals surface area contributed by atoms with E-state index in [1.54, 1.807) is 27.4 Å². The van der Waals surface area contributed by atoms with Crippen LogP contribution in [0.5, 0.6) is 28.7 Å². The molecule has 200 valence electrons. The molecule has 9 heteroatoms. The lowest BCUT2D eigenvalue weighted by Gasteiger charge is -2.38. The van der Waals surface area contributed by atoms with Crippen LogP contribution in [0.15, 0.2) is 53.6 Å². The second-order valence-corrected chi connectivity index (χ2v) is 9.95. The Kier molecular flexibility index (Phi) is 7.77. The van der Waals surface area contributed by atoms with Gasteiger partial charge in [-0.3, -0.25) is 0 Å². The summed E-state index contributed by atoms with van der Waals surface area (Å²) in [5.74, 6) is 3.23. The van der Waals surface area contributed by atoms with Gasteiger partial charge in [-0.05, 0) is 55.0 Å². The first-order valence-electron chi connectivity index (χ1n) is 12.5. The fourth-order valence-electron chi connectivity index (χ4n) is 4.81. The molecule has 2 atom stereocenters. The van der Waals surface area contributed by atoms with Gasteiger partial charge in [-0.2, -0.15) is 5.10 Å². The molecule has 0 aliphatic carbocycles. The third-order valence-corrected chi connectivity index (χ3v) is 7.25. The summed E-state index contributed by atoms with van der Waals surface area (Å²) in [6.07, 6.45) is 2.12. The van der Waals surface area contributed by atoms with E-state index in [1.165, 1.54) is 0 Å². The van der Waals surface area contributed by atoms with E-state index in [1.807, 2.05) is 47.5 Å². The van der Waals surface area contributed by atoms with Crippen molar-refractivity contribution < 1.29 is 23.7 Å². The van der Waals surface area contributed by atoms with Crippen LogP contribution in [0.4, 0.5) is 0 Å². The summed E-state index contributed by atoms with van der Waals surface area (Å²) < 4.78 is 29.0. The Hall–Kier alpha value is -3.29. The monoisotopic (exact) mass is 556 g/mol. The van der Waals surface area contributed by atoms with Crippen molar-refractivity contribution in [1.82, 2.24) is 5.01 Å². The summed E-state index contributed by atoms with van der Waals surface area (Å²) in [6, 6.07) is 15.1. The molecule has 0 amide bonds. The molecule has 2 heterocycles. The first kappa shape index (κ1) is 26.3. The average Bonchev–Trinajstić information content (AvgIpc) is 3.38. The molecule has 0 spiro atoms. The number of rotatable bonds is 9. The third-order valence-electron chi connectivity index (χ3n) is 6.75. The Morgan fingerprint density at radius 1 is 0.921 bits per heavy atom. The van der Waals surface area contributed by atoms with Gasteiger partial charge in [0.05, 0.1) is 44.7 Å². The normalized spacial score (nSPS) is 17.7. The fourth-order valence-corrected chi connectivity index (χ4v) is 5.36. The fraction of sp³-hybridized carbons (Fsp3) is 0.345. The van der Waals surface area contributed by atoms with Crippen LogP contribution in [0.3, 0.4) is 0 Å². The SMILES string of the molecule is CCCCOc1ccc([C@@H]2Oc3c(Cl)cc(Cl)cc3[C@H]3CC(c4ccc(OC)c(OC)c4)=NN32)cc1OC. The minimum Gasteiger partial charge on any atom is -0.493 e. The Labute approximate surface area is 232 Å². The predicted octanol–water partition coefficient (Wildman–Crippen LogP) is 7.44. The minimum atomic E-state index is -0.539. The zero-order valence-electron chi connectivity index (χ0n) is 21.8. The first-order valence-corrected chi connectivity index (χ1v) is 13.3. The van der Waals surface area contributed by atoms with Crippen molar-refractivity contribution >= 4 is 28.9 Å². The van der Waals surface area contributed by atoms with E-state index in [-0.39, 0.29) is 6.04 Å². The van der Waals surface area contributed by atoms with Crippen molar-refractivity contribution in [2.24, 2.45) is 5.10 Å². The topological polar surface area (TPSA) is 61.8 Å². The molecule has 5 rings (SSSR count). The van der Waals surface area contributed by atoms with E-state index in [4.69, 9.17) is 52.0 Å². The molecule has 0 aromatic heterocycles. The lowest BCUT2D eigenvalue weighted by Crippen LogP contribution is -2.33. The molecular formula is C29H30Cl2N2O5. The van der Waals surface area contributed by atoms with Crippen molar-refractivity contribution in [2.75, 3.05) is 27.9 Å². The average molecular weight is 557 g/mol. The van der Waals surface area contributed by atoms with Gasteiger partial charge in [0.1, 0.15) is 5.75 Å². The molecule has 0 saturated heterocycles. The van der Waals surface area contributed by atoms with E-state index in [0.29, 0.717) is 51.8 Å². The van der Waals surface area contributed by atoms with E-state index < -0.39 is 6.23 Å². The van der Waals surface area contributed by atoms with E-state index in [9.17, 15) is 0 Å². The number of ether oxygens (including phenoxy) is 5. The second kappa shape index (κ2) is 11.2. The van der Waals surface area contributed by atoms with Crippen LogP contribution in [0.2, 0.25) is 10.0 Å². The summed E-state index contributed by atoms with van der Waals surface area (Å²) in [5, 5.41) is 8.01. The summed E-state index contributed by atoms with van der Waals surface area (Å²) in [5.41, 5.74) is 3.58. The smallest absolute Gasteiger partial charge is 0.214 e. The van der Waals surface area contributed by atoms with Gasteiger partial charge in [-0.25, -0.2) is 5.01 Å². The molecule has 3 aromatic carbocycles. The van der Waals surface area contributed by atoms with E-state index in [0.717, 1.165) is 35.2 Å². The summed E-state index contributed by atoms with van der Waals surface area (Å²) in [4.78, 5) is 0. The number of methoxy groups -OCH3 is 3. The van der Waals surface area contributed by atoms with Crippen molar-refractivity contribution in [3.63, 3.8) is 0 Å². The summed E-state index contributed by atoms with van der Waals surface area (Å²) >= 11 is 13.0. The lowest BCUT2D eigenvalue weighted by atomic mass is 9.95. The number of hydrogen-bond acceptors (Lipinski definition) is 7. The largest absolute Gasteiger partial charge is 0.493 e. The predicted molar refractivity (Wildman–Crippen MR) is 149 cm³/mol. The van der Waals surface area contributed by atoms with Crippen LogP contribution in [0.1, 0.15) is 55.1 Å². The van der Waals surface area contributed by atoms with Gasteiger partial charge in [-0.15, -0.1) is 0 Å². The number of fused-ring (bicyclic) bond motifs is 3. The van der Waals surface area contributed by atoms with Crippen molar-refractivity contribution in [1.29, 1.82) is 0 Å². The van der Waals surface area contributed by atoms with Crippen LogP contribution in [-0.2, 0) is 0 Å². The number of hydrogen-bond donors (Lipinski definition) is 0. The number of nitrogens with zero attached hydrogens (tertiary/aromatic N) is 2. The van der Waals surface area contributed by atoms with Gasteiger partial charge < -0.3 is 23.7 Å². The quantitative estimate of drug-likeness (QED) is 0.255. The standard InChI is InChI=1S/C29H30Cl2N2O5/c1-5-6-11-37-25-10-8-18(13-27(25)36-4)29-33-23(20-14-19(30)15-21(31)28(20)38-29)16-22(32-33)17-7-9-24(34-2)26(12-17)35-3/h7-10,12-15,23,29H,5-6,11,16H2,1-4H3/t23-,29+/m1/s1. The Morgan fingerprint density at radius 2 is 1.66 bits per heavy atom. The lowest BCUT2D eigenvalue weighted by molar-refractivity contribution is -0.0190. The van der Waals surface area contributed by atoms with Crippen LogP contribution in [0, 0.1) is 0 Å². The van der Waals surface area contributed by atoms with Gasteiger partial charge in [0.25, 0.3) is 0 Å². The highest BCUT2D eigenvalue weighted by Gasteiger charge is 2.42. The Bertz CT molecular complexity index is 1360. The van der Waals surface area contributed by atoms with E-state index in [2.05, 4.69) is 6.92 Å². The second-order valence-electron chi connectivity index (χ2n) is 9.10. The summed E-state index contributed by atoms with van der Waals surface area (Å²) in [6.45, 7) is 2.76. The molecule has 0 N–H and O–H groups in total.